The Morgan fingerprint density at radius 1 is 1.80 bits per heavy atom. The van der Waals surface area contributed by atoms with Gasteiger partial charge in [-0.3, -0.25) is 0 Å². The van der Waals surface area contributed by atoms with Gasteiger partial charge < -0.3 is 14.8 Å². The van der Waals surface area contributed by atoms with Gasteiger partial charge in [0.25, 0.3) is 0 Å². The fourth-order valence-electron chi connectivity index (χ4n) is 1.92. The van der Waals surface area contributed by atoms with E-state index in [9.17, 15) is 4.79 Å². The molecule has 0 aromatic heterocycles. The third-order valence-corrected chi connectivity index (χ3v) is 2.74. The van der Waals surface area contributed by atoms with E-state index < -0.39 is 0 Å². The summed E-state index contributed by atoms with van der Waals surface area (Å²) in [5.41, 5.74) is 0.706. The van der Waals surface area contributed by atoms with Crippen LogP contribution in [0.25, 0.3) is 0 Å². The van der Waals surface area contributed by atoms with E-state index in [1.165, 1.54) is 7.11 Å². The highest BCUT2D eigenvalue weighted by Crippen LogP contribution is 2.31. The van der Waals surface area contributed by atoms with Crippen LogP contribution in [0.1, 0.15) is 6.42 Å². The Morgan fingerprint density at radius 2 is 2.60 bits per heavy atom. The standard InChI is InChI=1S/C11H15NO3/c1-3-4-15-9-6-7(11(13)14-2)5-8-10(9)12-8/h3,6,8-10,12H,1,4-5H2,2H3/t8-,9-,10-/m1/s1. The summed E-state index contributed by atoms with van der Waals surface area (Å²) in [4.78, 5) is 11.4. The minimum absolute atomic E-state index is 0.0316. The van der Waals surface area contributed by atoms with E-state index in [1.807, 2.05) is 6.08 Å². The molecule has 0 amide bonds. The number of fused-ring (bicyclic) bond motifs is 1. The monoisotopic (exact) mass is 209 g/mol. The van der Waals surface area contributed by atoms with Crippen molar-refractivity contribution in [2.45, 2.75) is 24.6 Å². The molecular weight excluding hydrogens is 194 g/mol. The minimum Gasteiger partial charge on any atom is -0.466 e. The molecule has 4 heteroatoms. The molecule has 1 heterocycles. The van der Waals surface area contributed by atoms with E-state index >= 15 is 0 Å². The van der Waals surface area contributed by atoms with Crippen LogP contribution in [0.3, 0.4) is 0 Å². The van der Waals surface area contributed by atoms with Gasteiger partial charge in [-0.05, 0) is 12.5 Å². The first-order valence-corrected chi connectivity index (χ1v) is 5.04. The Balaban J connectivity index is 2.03. The molecule has 1 N–H and O–H groups in total. The molecular formula is C11H15NO3. The summed E-state index contributed by atoms with van der Waals surface area (Å²) < 4.78 is 10.2. The maximum Gasteiger partial charge on any atom is 0.333 e. The van der Waals surface area contributed by atoms with Crippen molar-refractivity contribution in [3.63, 3.8) is 0 Å². The van der Waals surface area contributed by atoms with Gasteiger partial charge in [-0.15, -0.1) is 6.58 Å². The smallest absolute Gasteiger partial charge is 0.333 e. The molecule has 1 fully saturated rings. The van der Waals surface area contributed by atoms with Crippen molar-refractivity contribution >= 4 is 5.97 Å². The lowest BCUT2D eigenvalue weighted by Gasteiger charge is -2.17. The number of rotatable bonds is 4. The van der Waals surface area contributed by atoms with Gasteiger partial charge >= 0.3 is 5.97 Å². The summed E-state index contributed by atoms with van der Waals surface area (Å²) in [5, 5.41) is 3.28. The van der Waals surface area contributed by atoms with Crippen LogP contribution in [0.5, 0.6) is 0 Å². The van der Waals surface area contributed by atoms with E-state index in [4.69, 9.17) is 9.47 Å². The fraction of sp³-hybridized carbons (Fsp3) is 0.545. The van der Waals surface area contributed by atoms with E-state index in [2.05, 4.69) is 11.9 Å². The second-order valence-corrected chi connectivity index (χ2v) is 3.77. The average Bonchev–Trinajstić information content (AvgIpc) is 3.03. The van der Waals surface area contributed by atoms with Gasteiger partial charge in [0.1, 0.15) is 0 Å². The maximum absolute atomic E-state index is 11.4. The van der Waals surface area contributed by atoms with Crippen LogP contribution in [0.2, 0.25) is 0 Å². The summed E-state index contributed by atoms with van der Waals surface area (Å²) in [6, 6.07) is 0.734. The van der Waals surface area contributed by atoms with Crippen molar-refractivity contribution in [2.24, 2.45) is 0 Å². The fourth-order valence-corrected chi connectivity index (χ4v) is 1.92. The Morgan fingerprint density at radius 3 is 3.27 bits per heavy atom. The van der Waals surface area contributed by atoms with Crippen molar-refractivity contribution in [3.8, 4) is 0 Å². The number of ether oxygens (including phenoxy) is 2. The van der Waals surface area contributed by atoms with E-state index in [0.29, 0.717) is 24.3 Å². The van der Waals surface area contributed by atoms with Crippen molar-refractivity contribution in [3.05, 3.63) is 24.3 Å². The van der Waals surface area contributed by atoms with Crippen molar-refractivity contribution in [1.82, 2.24) is 5.32 Å². The molecule has 2 rings (SSSR count). The van der Waals surface area contributed by atoms with Gasteiger partial charge in [-0.25, -0.2) is 4.79 Å². The molecule has 0 radical (unpaired) electrons. The number of esters is 1. The third kappa shape index (κ3) is 2.11. The van der Waals surface area contributed by atoms with Crippen molar-refractivity contribution in [2.75, 3.05) is 13.7 Å². The summed E-state index contributed by atoms with van der Waals surface area (Å²) in [6.07, 6.45) is 4.27. The van der Waals surface area contributed by atoms with Gasteiger partial charge in [0.05, 0.1) is 25.9 Å². The summed E-state index contributed by atoms with van der Waals surface area (Å²) >= 11 is 0. The van der Waals surface area contributed by atoms with Gasteiger partial charge in [-0.2, -0.15) is 0 Å². The number of hydrogen-bond acceptors (Lipinski definition) is 4. The first-order chi connectivity index (χ1) is 7.26. The molecule has 2 aliphatic rings. The van der Waals surface area contributed by atoms with Gasteiger partial charge in [0.15, 0.2) is 0 Å². The highest BCUT2D eigenvalue weighted by atomic mass is 16.5. The molecule has 1 aliphatic heterocycles. The molecule has 0 bridgehead atoms. The number of methoxy groups -OCH3 is 1. The minimum atomic E-state index is -0.255. The van der Waals surface area contributed by atoms with Crippen LogP contribution < -0.4 is 5.32 Å². The molecule has 3 atom stereocenters. The molecule has 1 saturated heterocycles. The van der Waals surface area contributed by atoms with Gasteiger partial charge in [0, 0.05) is 11.6 Å². The summed E-state index contributed by atoms with van der Waals surface area (Å²) in [6.45, 7) is 4.10. The second-order valence-electron chi connectivity index (χ2n) is 3.77. The van der Waals surface area contributed by atoms with Crippen LogP contribution in [-0.4, -0.2) is 37.9 Å². The predicted octanol–water partition coefficient (Wildman–Crippen LogP) is 0.401. The van der Waals surface area contributed by atoms with Crippen LogP contribution in [-0.2, 0) is 14.3 Å². The molecule has 15 heavy (non-hydrogen) atoms. The van der Waals surface area contributed by atoms with Crippen LogP contribution >= 0.6 is 0 Å². The van der Waals surface area contributed by atoms with Gasteiger partial charge in [0.2, 0.25) is 0 Å². The zero-order valence-corrected chi connectivity index (χ0v) is 8.73. The molecule has 0 aromatic rings. The third-order valence-electron chi connectivity index (χ3n) is 2.74. The molecule has 0 spiro atoms. The van der Waals surface area contributed by atoms with E-state index in [1.54, 1.807) is 6.08 Å². The van der Waals surface area contributed by atoms with Crippen LogP contribution in [0, 0.1) is 0 Å². The Bertz CT molecular complexity index is 311. The lowest BCUT2D eigenvalue weighted by Crippen LogP contribution is -2.26. The van der Waals surface area contributed by atoms with Gasteiger partial charge in [-0.1, -0.05) is 6.08 Å². The normalized spacial score (nSPS) is 32.6. The number of hydrogen-bond donors (Lipinski definition) is 1. The second kappa shape index (κ2) is 4.16. The topological polar surface area (TPSA) is 57.5 Å². The van der Waals surface area contributed by atoms with Crippen molar-refractivity contribution in [1.29, 1.82) is 0 Å². The van der Waals surface area contributed by atoms with E-state index in [-0.39, 0.29) is 12.1 Å². The highest BCUT2D eigenvalue weighted by Gasteiger charge is 2.46. The number of nitrogens with one attached hydrogen (secondary N) is 1. The highest BCUT2D eigenvalue weighted by molar-refractivity contribution is 5.89. The Hall–Kier alpha value is -1.13. The van der Waals surface area contributed by atoms with Crippen LogP contribution in [0.15, 0.2) is 24.3 Å². The SMILES string of the molecule is C=CCO[C@@H]1C=C(C(=O)OC)C[C@H]2N[C@H]21. The van der Waals surface area contributed by atoms with Crippen LogP contribution in [0.4, 0.5) is 0 Å². The predicted molar refractivity (Wildman–Crippen MR) is 55.4 cm³/mol. The first kappa shape index (κ1) is 10.4. The van der Waals surface area contributed by atoms with Crippen molar-refractivity contribution < 1.29 is 14.3 Å². The molecule has 0 saturated carbocycles. The lowest BCUT2D eigenvalue weighted by molar-refractivity contribution is -0.136. The average molecular weight is 209 g/mol. The molecule has 1 aliphatic carbocycles. The largest absolute Gasteiger partial charge is 0.466 e. The summed E-state index contributed by atoms with van der Waals surface area (Å²) in [5.74, 6) is -0.255. The molecule has 4 nitrogen and oxygen atoms in total. The first-order valence-electron chi connectivity index (χ1n) is 5.04. The Labute approximate surface area is 88.9 Å². The molecule has 0 unspecified atom stereocenters. The Kier molecular flexibility index (Phi) is 2.88. The maximum atomic E-state index is 11.4. The zero-order valence-electron chi connectivity index (χ0n) is 8.73. The zero-order chi connectivity index (χ0) is 10.8. The lowest BCUT2D eigenvalue weighted by atomic mass is 9.97. The molecule has 0 aromatic carbocycles. The summed E-state index contributed by atoms with van der Waals surface area (Å²) in [7, 11) is 1.40. The quantitative estimate of drug-likeness (QED) is 0.413. The number of carbonyl (C=O) groups is 1. The van der Waals surface area contributed by atoms with E-state index in [0.717, 1.165) is 6.42 Å². The molecule has 82 valence electrons. The number of carbonyl (C=O) groups excluding carboxylic acids is 1.